The van der Waals surface area contributed by atoms with Crippen LogP contribution in [0.15, 0.2) is 35.6 Å². The molecule has 2 N–H and O–H groups in total. The number of nitrogens with one attached hydrogen (secondary N) is 2. The highest BCUT2D eigenvalue weighted by atomic mass is 16.5. The van der Waals surface area contributed by atoms with Gasteiger partial charge < -0.3 is 19.7 Å². The van der Waals surface area contributed by atoms with Gasteiger partial charge in [-0.25, -0.2) is 9.98 Å². The van der Waals surface area contributed by atoms with E-state index in [2.05, 4.69) is 32.3 Å². The van der Waals surface area contributed by atoms with Crippen LogP contribution in [-0.2, 0) is 0 Å². The van der Waals surface area contributed by atoms with E-state index in [-0.39, 0.29) is 6.10 Å². The Morgan fingerprint density at radius 2 is 2.00 bits per heavy atom. The fraction of sp³-hybridized carbons (Fsp3) is 0.550. The Labute approximate surface area is 166 Å². The molecule has 28 heavy (non-hydrogen) atoms. The number of aromatic nitrogens is 3. The zero-order valence-electron chi connectivity index (χ0n) is 16.9. The van der Waals surface area contributed by atoms with Crippen molar-refractivity contribution in [2.45, 2.75) is 38.7 Å². The fourth-order valence-electron chi connectivity index (χ4n) is 3.34. The molecule has 0 amide bonds. The average molecular weight is 387 g/mol. The Balaban J connectivity index is 1.53. The second kappa shape index (κ2) is 9.96. The minimum Gasteiger partial charge on any atom is -0.497 e. The molecule has 1 unspecified atom stereocenters. The smallest absolute Gasteiger partial charge is 0.194 e. The normalized spacial score (nSPS) is 16.7. The van der Waals surface area contributed by atoms with E-state index in [0.29, 0.717) is 12.5 Å². The summed E-state index contributed by atoms with van der Waals surface area (Å²) in [6.45, 7) is 7.46. The molecule has 1 fully saturated rings. The van der Waals surface area contributed by atoms with Crippen LogP contribution in [-0.4, -0.2) is 65.4 Å². The van der Waals surface area contributed by atoms with E-state index in [1.807, 2.05) is 31.2 Å². The van der Waals surface area contributed by atoms with E-state index in [0.717, 1.165) is 55.8 Å². The van der Waals surface area contributed by atoms with Crippen LogP contribution in [0.3, 0.4) is 0 Å². The molecule has 8 nitrogen and oxygen atoms in total. The van der Waals surface area contributed by atoms with Gasteiger partial charge in [-0.05, 0) is 51.0 Å². The maximum Gasteiger partial charge on any atom is 0.194 e. The van der Waals surface area contributed by atoms with E-state index in [9.17, 15) is 0 Å². The number of aliphatic imine (C=N–C) groups is 1. The van der Waals surface area contributed by atoms with Crippen LogP contribution < -0.4 is 14.8 Å². The molecule has 0 aliphatic carbocycles. The van der Waals surface area contributed by atoms with Crippen molar-refractivity contribution in [2.75, 3.05) is 33.3 Å². The molecule has 1 saturated heterocycles. The predicted molar refractivity (Wildman–Crippen MR) is 109 cm³/mol. The number of likely N-dealkylation sites (tertiary alicyclic amines) is 1. The lowest BCUT2D eigenvalue weighted by Gasteiger charge is -2.33. The number of ether oxygens (including phenoxy) is 2. The van der Waals surface area contributed by atoms with Crippen LogP contribution in [0.1, 0.15) is 38.4 Å². The molecule has 1 aliphatic rings. The van der Waals surface area contributed by atoms with Gasteiger partial charge in [-0.15, -0.1) is 0 Å². The Bertz CT molecular complexity index is 724. The average Bonchev–Trinajstić information content (AvgIpc) is 3.27. The van der Waals surface area contributed by atoms with Crippen molar-refractivity contribution in [1.29, 1.82) is 0 Å². The summed E-state index contributed by atoms with van der Waals surface area (Å²) in [5.74, 6) is 4.02. The van der Waals surface area contributed by atoms with Gasteiger partial charge in [0.2, 0.25) is 0 Å². The molecule has 1 atom stereocenters. The molecular weight excluding hydrogens is 356 g/mol. The molecular formula is C20H30N6O2. The summed E-state index contributed by atoms with van der Waals surface area (Å²) >= 11 is 0. The van der Waals surface area contributed by atoms with E-state index < -0.39 is 0 Å². The van der Waals surface area contributed by atoms with Crippen molar-refractivity contribution in [1.82, 2.24) is 25.4 Å². The van der Waals surface area contributed by atoms with Crippen LogP contribution in [0, 0.1) is 0 Å². The van der Waals surface area contributed by atoms with Gasteiger partial charge in [0.25, 0.3) is 0 Å². The molecule has 1 aliphatic heterocycles. The monoisotopic (exact) mass is 386 g/mol. The van der Waals surface area contributed by atoms with E-state index >= 15 is 0 Å². The summed E-state index contributed by atoms with van der Waals surface area (Å²) in [6.07, 6.45) is 3.64. The van der Waals surface area contributed by atoms with E-state index in [4.69, 9.17) is 14.5 Å². The second-order valence-electron chi connectivity index (χ2n) is 6.93. The highest BCUT2D eigenvalue weighted by molar-refractivity contribution is 5.80. The molecule has 0 bridgehead atoms. The number of benzene rings is 1. The first-order valence-electron chi connectivity index (χ1n) is 9.88. The summed E-state index contributed by atoms with van der Waals surface area (Å²) in [5.41, 5.74) is 0. The fourth-order valence-corrected chi connectivity index (χ4v) is 3.34. The lowest BCUT2D eigenvalue weighted by molar-refractivity contribution is 0.228. The highest BCUT2D eigenvalue weighted by Crippen LogP contribution is 2.25. The number of piperidine rings is 1. The highest BCUT2D eigenvalue weighted by Gasteiger charge is 2.24. The molecule has 0 saturated carbocycles. The molecule has 152 valence electrons. The Kier molecular flexibility index (Phi) is 7.11. The summed E-state index contributed by atoms with van der Waals surface area (Å²) < 4.78 is 11.1. The largest absolute Gasteiger partial charge is 0.497 e. The van der Waals surface area contributed by atoms with Crippen LogP contribution in [0.5, 0.6) is 11.5 Å². The number of H-pyrrole nitrogens is 1. The summed E-state index contributed by atoms with van der Waals surface area (Å²) in [4.78, 5) is 11.4. The van der Waals surface area contributed by atoms with Gasteiger partial charge in [0.15, 0.2) is 5.96 Å². The second-order valence-corrected chi connectivity index (χ2v) is 6.93. The molecule has 2 heterocycles. The van der Waals surface area contributed by atoms with Gasteiger partial charge >= 0.3 is 0 Å². The molecule has 0 radical (unpaired) electrons. The molecule has 0 spiro atoms. The SMILES string of the molecule is CCNC(=NCC(C)Oc1ccc(OC)cc1)N1CCC(c2ncn[nH]2)CC1. The van der Waals surface area contributed by atoms with Crippen molar-refractivity contribution < 1.29 is 9.47 Å². The first-order valence-corrected chi connectivity index (χ1v) is 9.88. The number of aromatic amines is 1. The Hall–Kier alpha value is -2.77. The number of rotatable bonds is 7. The zero-order chi connectivity index (χ0) is 19.8. The van der Waals surface area contributed by atoms with E-state index in [1.165, 1.54) is 0 Å². The van der Waals surface area contributed by atoms with E-state index in [1.54, 1.807) is 13.4 Å². The van der Waals surface area contributed by atoms with Gasteiger partial charge in [-0.2, -0.15) is 5.10 Å². The Morgan fingerprint density at radius 3 is 2.61 bits per heavy atom. The van der Waals surface area contributed by atoms with Crippen molar-refractivity contribution in [3.63, 3.8) is 0 Å². The maximum atomic E-state index is 5.97. The van der Waals surface area contributed by atoms with Crippen molar-refractivity contribution in [3.05, 3.63) is 36.4 Å². The molecule has 3 rings (SSSR count). The third kappa shape index (κ3) is 5.37. The number of guanidine groups is 1. The lowest BCUT2D eigenvalue weighted by atomic mass is 9.96. The van der Waals surface area contributed by atoms with Gasteiger partial charge in [-0.3, -0.25) is 5.10 Å². The van der Waals surface area contributed by atoms with Crippen LogP contribution in [0.4, 0.5) is 0 Å². The number of methoxy groups -OCH3 is 1. The summed E-state index contributed by atoms with van der Waals surface area (Å²) in [5, 5.41) is 10.4. The standard InChI is InChI=1S/C20H30N6O2/c1-4-21-20(26-11-9-16(10-12-26)19-23-14-24-25-19)22-13-15(2)28-18-7-5-17(27-3)6-8-18/h5-8,14-16H,4,9-13H2,1-3H3,(H,21,22)(H,23,24,25). The zero-order valence-corrected chi connectivity index (χ0v) is 16.9. The topological polar surface area (TPSA) is 87.7 Å². The third-order valence-corrected chi connectivity index (χ3v) is 4.84. The number of hydrogen-bond donors (Lipinski definition) is 2. The minimum absolute atomic E-state index is 0.0196. The van der Waals surface area contributed by atoms with Gasteiger partial charge in [0, 0.05) is 25.6 Å². The van der Waals surface area contributed by atoms with Crippen molar-refractivity contribution in [2.24, 2.45) is 4.99 Å². The Morgan fingerprint density at radius 1 is 1.29 bits per heavy atom. The van der Waals surface area contributed by atoms with Crippen molar-refractivity contribution >= 4 is 5.96 Å². The van der Waals surface area contributed by atoms with Crippen LogP contribution >= 0.6 is 0 Å². The summed E-state index contributed by atoms with van der Waals surface area (Å²) in [6, 6.07) is 7.62. The lowest BCUT2D eigenvalue weighted by Crippen LogP contribution is -2.45. The summed E-state index contributed by atoms with van der Waals surface area (Å²) in [7, 11) is 1.66. The van der Waals surface area contributed by atoms with Gasteiger partial charge in [0.1, 0.15) is 29.8 Å². The predicted octanol–water partition coefficient (Wildman–Crippen LogP) is 2.43. The van der Waals surface area contributed by atoms with Crippen LogP contribution in [0.25, 0.3) is 0 Å². The molecule has 1 aromatic carbocycles. The van der Waals surface area contributed by atoms with Crippen LogP contribution in [0.2, 0.25) is 0 Å². The van der Waals surface area contributed by atoms with Gasteiger partial charge in [0.05, 0.1) is 13.7 Å². The first kappa shape index (κ1) is 20.0. The van der Waals surface area contributed by atoms with Crippen molar-refractivity contribution in [3.8, 4) is 11.5 Å². The maximum absolute atomic E-state index is 5.97. The molecule has 1 aromatic heterocycles. The molecule has 8 heteroatoms. The number of nitrogens with zero attached hydrogens (tertiary/aromatic N) is 4. The number of hydrogen-bond acceptors (Lipinski definition) is 5. The first-order chi connectivity index (χ1) is 13.7. The van der Waals surface area contributed by atoms with Gasteiger partial charge in [-0.1, -0.05) is 0 Å². The third-order valence-electron chi connectivity index (χ3n) is 4.84. The minimum atomic E-state index is -0.0196. The quantitative estimate of drug-likeness (QED) is 0.561. The molecule has 2 aromatic rings.